The summed E-state index contributed by atoms with van der Waals surface area (Å²) in [5.74, 6) is 0. The van der Waals surface area contributed by atoms with Crippen LogP contribution in [0.2, 0.25) is 6.04 Å². The van der Waals surface area contributed by atoms with Crippen LogP contribution in [-0.4, -0.2) is 33.0 Å². The molecule has 17 heavy (non-hydrogen) atoms. The van der Waals surface area contributed by atoms with E-state index in [2.05, 4.69) is 39.2 Å². The summed E-state index contributed by atoms with van der Waals surface area (Å²) in [7, 11) is -1.14. The van der Waals surface area contributed by atoms with Crippen molar-refractivity contribution < 1.29 is 4.43 Å². The molecule has 3 heteroatoms. The maximum absolute atomic E-state index is 6.21. The van der Waals surface area contributed by atoms with Gasteiger partial charge in [0.2, 0.25) is 0 Å². The number of hydrogen-bond donors (Lipinski definition) is 0. The van der Waals surface area contributed by atoms with Crippen molar-refractivity contribution >= 4 is 9.20 Å². The molecule has 0 heterocycles. The molecule has 0 bridgehead atoms. The Kier molecular flexibility index (Phi) is 11.3. The molecule has 0 amide bonds. The van der Waals surface area contributed by atoms with Crippen LogP contribution in [-0.2, 0) is 4.43 Å². The van der Waals surface area contributed by atoms with Crippen LogP contribution in [0.5, 0.6) is 0 Å². The molecule has 0 aromatic rings. The average Bonchev–Trinajstić information content (AvgIpc) is 2.28. The van der Waals surface area contributed by atoms with Crippen LogP contribution in [0.15, 0.2) is 0 Å². The first-order valence-electron chi connectivity index (χ1n) is 7.55. The van der Waals surface area contributed by atoms with E-state index in [1.165, 1.54) is 51.2 Å². The van der Waals surface area contributed by atoms with E-state index in [-0.39, 0.29) is 0 Å². The van der Waals surface area contributed by atoms with Gasteiger partial charge >= 0.3 is 0 Å². The second-order valence-corrected chi connectivity index (χ2v) is 7.66. The van der Waals surface area contributed by atoms with Gasteiger partial charge < -0.3 is 8.99 Å². The third-order valence-electron chi connectivity index (χ3n) is 2.97. The predicted octanol–water partition coefficient (Wildman–Crippen LogP) is 3.94. The van der Waals surface area contributed by atoms with Crippen molar-refractivity contribution in [3.05, 3.63) is 0 Å². The lowest BCUT2D eigenvalue weighted by molar-refractivity contribution is 0.198. The van der Waals surface area contributed by atoms with E-state index in [9.17, 15) is 0 Å². The lowest BCUT2D eigenvalue weighted by Gasteiger charge is -2.31. The van der Waals surface area contributed by atoms with Crippen LogP contribution >= 0.6 is 0 Å². The molecule has 0 aliphatic heterocycles. The summed E-state index contributed by atoms with van der Waals surface area (Å²) in [5.41, 5.74) is 0. The van der Waals surface area contributed by atoms with Gasteiger partial charge in [0, 0.05) is 6.10 Å². The zero-order chi connectivity index (χ0) is 13.1. The highest BCUT2D eigenvalue weighted by atomic mass is 28.3. The second kappa shape index (κ2) is 11.2. The number of nitrogens with zero attached hydrogens (tertiary/aromatic N) is 1. The standard InChI is InChI=1S/C14H33NOSi/c1-6-9-11-15(12-10-7-2)17(13-8-3)16-14(4)5/h14,17H,6-13H2,1-5H3. The Morgan fingerprint density at radius 3 is 1.82 bits per heavy atom. The van der Waals surface area contributed by atoms with Gasteiger partial charge in [0.05, 0.1) is 0 Å². The minimum atomic E-state index is -1.14. The highest BCUT2D eigenvalue weighted by molar-refractivity contribution is 6.48. The van der Waals surface area contributed by atoms with Gasteiger partial charge in [-0.1, -0.05) is 40.0 Å². The topological polar surface area (TPSA) is 12.5 Å². The molecule has 0 N–H and O–H groups in total. The summed E-state index contributed by atoms with van der Waals surface area (Å²) >= 11 is 0. The van der Waals surface area contributed by atoms with Crippen molar-refractivity contribution in [3.63, 3.8) is 0 Å². The molecule has 104 valence electrons. The van der Waals surface area contributed by atoms with Crippen molar-refractivity contribution in [1.29, 1.82) is 0 Å². The maximum Gasteiger partial charge on any atom is 0.255 e. The van der Waals surface area contributed by atoms with Crippen molar-refractivity contribution in [2.45, 2.75) is 78.9 Å². The molecule has 0 saturated heterocycles. The summed E-state index contributed by atoms with van der Waals surface area (Å²) in [6.07, 6.45) is 6.87. The first-order valence-corrected chi connectivity index (χ1v) is 9.35. The molecule has 2 nitrogen and oxygen atoms in total. The van der Waals surface area contributed by atoms with Gasteiger partial charge in [0.1, 0.15) is 0 Å². The first kappa shape index (κ1) is 17.1. The molecule has 0 spiro atoms. The fraction of sp³-hybridized carbons (Fsp3) is 1.00. The molecule has 1 atom stereocenters. The monoisotopic (exact) mass is 259 g/mol. The molecule has 0 fully saturated rings. The molecule has 0 radical (unpaired) electrons. The number of hydrogen-bond acceptors (Lipinski definition) is 2. The minimum Gasteiger partial charge on any atom is -0.403 e. The molecule has 1 unspecified atom stereocenters. The SMILES string of the molecule is CCCCN(CCCC)[SiH](CCC)OC(C)C. The molecule has 0 aromatic carbocycles. The summed E-state index contributed by atoms with van der Waals surface area (Å²) in [4.78, 5) is 0. The lowest BCUT2D eigenvalue weighted by atomic mass is 10.3. The van der Waals surface area contributed by atoms with Crippen molar-refractivity contribution in [1.82, 2.24) is 4.57 Å². The summed E-state index contributed by atoms with van der Waals surface area (Å²) in [6.45, 7) is 13.7. The molecule has 0 rings (SSSR count). The zero-order valence-corrected chi connectivity index (χ0v) is 13.8. The van der Waals surface area contributed by atoms with Crippen LogP contribution in [0.3, 0.4) is 0 Å². The third-order valence-corrected chi connectivity index (χ3v) is 6.23. The van der Waals surface area contributed by atoms with Crippen LogP contribution in [0.25, 0.3) is 0 Å². The summed E-state index contributed by atoms with van der Waals surface area (Å²) in [5, 5.41) is 0. The van der Waals surface area contributed by atoms with E-state index in [1.54, 1.807) is 0 Å². The maximum atomic E-state index is 6.21. The fourth-order valence-corrected chi connectivity index (χ4v) is 4.76. The lowest BCUT2D eigenvalue weighted by Crippen LogP contribution is -2.44. The fourth-order valence-electron chi connectivity index (χ4n) is 2.02. The van der Waals surface area contributed by atoms with Gasteiger partial charge in [0.15, 0.2) is 0 Å². The van der Waals surface area contributed by atoms with Gasteiger partial charge in [0.25, 0.3) is 9.20 Å². The quantitative estimate of drug-likeness (QED) is 0.521. The van der Waals surface area contributed by atoms with E-state index >= 15 is 0 Å². The molecule has 0 saturated carbocycles. The van der Waals surface area contributed by atoms with Gasteiger partial charge in [-0.25, -0.2) is 0 Å². The Bertz CT molecular complexity index is 156. The van der Waals surface area contributed by atoms with E-state index in [0.717, 1.165) is 0 Å². The first-order chi connectivity index (χ1) is 8.15. The summed E-state index contributed by atoms with van der Waals surface area (Å²) < 4.78 is 8.90. The minimum absolute atomic E-state index is 0.393. The van der Waals surface area contributed by atoms with Gasteiger partial charge in [-0.3, -0.25) is 0 Å². The molecule has 0 aliphatic carbocycles. The van der Waals surface area contributed by atoms with Crippen LogP contribution in [0, 0.1) is 0 Å². The van der Waals surface area contributed by atoms with E-state index in [0.29, 0.717) is 6.10 Å². The average molecular weight is 260 g/mol. The van der Waals surface area contributed by atoms with Crippen molar-refractivity contribution in [2.75, 3.05) is 13.1 Å². The molecule has 0 aliphatic rings. The number of unbranched alkanes of at least 4 members (excludes halogenated alkanes) is 2. The van der Waals surface area contributed by atoms with Crippen LogP contribution < -0.4 is 0 Å². The Labute approximate surface area is 111 Å². The molecular weight excluding hydrogens is 226 g/mol. The normalized spacial score (nSPS) is 13.6. The van der Waals surface area contributed by atoms with Gasteiger partial charge in [-0.15, -0.1) is 0 Å². The van der Waals surface area contributed by atoms with Gasteiger partial charge in [-0.2, -0.15) is 0 Å². The third kappa shape index (κ3) is 8.81. The molecular formula is C14H33NOSi. The van der Waals surface area contributed by atoms with E-state index in [1.807, 2.05) is 0 Å². The Hall–Kier alpha value is 0.137. The predicted molar refractivity (Wildman–Crippen MR) is 79.9 cm³/mol. The van der Waals surface area contributed by atoms with Crippen LogP contribution in [0.1, 0.15) is 66.7 Å². The van der Waals surface area contributed by atoms with Crippen LogP contribution in [0.4, 0.5) is 0 Å². The van der Waals surface area contributed by atoms with Gasteiger partial charge in [-0.05, 0) is 45.8 Å². The Balaban J connectivity index is 4.31. The zero-order valence-electron chi connectivity index (χ0n) is 12.7. The Morgan fingerprint density at radius 2 is 1.47 bits per heavy atom. The van der Waals surface area contributed by atoms with E-state index in [4.69, 9.17) is 4.43 Å². The van der Waals surface area contributed by atoms with Crippen molar-refractivity contribution in [3.8, 4) is 0 Å². The van der Waals surface area contributed by atoms with E-state index < -0.39 is 9.20 Å². The molecule has 0 aromatic heterocycles. The number of rotatable bonds is 11. The second-order valence-electron chi connectivity index (χ2n) is 5.17. The summed E-state index contributed by atoms with van der Waals surface area (Å²) in [6, 6.07) is 1.30. The largest absolute Gasteiger partial charge is 0.403 e. The smallest absolute Gasteiger partial charge is 0.255 e. The highest BCUT2D eigenvalue weighted by Gasteiger charge is 2.21. The van der Waals surface area contributed by atoms with Crippen molar-refractivity contribution in [2.24, 2.45) is 0 Å². The highest BCUT2D eigenvalue weighted by Crippen LogP contribution is 2.11. The Morgan fingerprint density at radius 1 is 0.941 bits per heavy atom.